The summed E-state index contributed by atoms with van der Waals surface area (Å²) in [5.74, 6) is 0.0449. The van der Waals surface area contributed by atoms with Gasteiger partial charge in [-0.05, 0) is 29.2 Å². The number of hydrogen-bond acceptors (Lipinski definition) is 5. The minimum Gasteiger partial charge on any atom is -0.399 e. The van der Waals surface area contributed by atoms with E-state index in [4.69, 9.17) is 5.73 Å². The van der Waals surface area contributed by atoms with Crippen LogP contribution in [0.15, 0.2) is 47.2 Å². The first-order chi connectivity index (χ1) is 13.4. The summed E-state index contributed by atoms with van der Waals surface area (Å²) in [4.78, 5) is 2.26. The maximum atomic E-state index is 9.93. The van der Waals surface area contributed by atoms with E-state index >= 15 is 0 Å². The van der Waals surface area contributed by atoms with E-state index < -0.39 is 5.41 Å². The van der Waals surface area contributed by atoms with E-state index in [0.29, 0.717) is 24.6 Å². The highest BCUT2D eigenvalue weighted by Crippen LogP contribution is 2.52. The van der Waals surface area contributed by atoms with E-state index in [1.807, 2.05) is 6.08 Å². The minimum atomic E-state index is -1.55. The molecule has 0 saturated heterocycles. The van der Waals surface area contributed by atoms with Crippen LogP contribution in [0.4, 0.5) is 0 Å². The topological polar surface area (TPSA) is 101 Å². The van der Waals surface area contributed by atoms with Crippen molar-refractivity contribution in [2.45, 2.75) is 32.6 Å². The van der Waals surface area contributed by atoms with Gasteiger partial charge in [0.05, 0.1) is 29.5 Å². The first-order valence-corrected chi connectivity index (χ1v) is 9.68. The number of likely N-dealkylation sites (N-methyl/N-ethyl adjacent to an activating group) is 1. The molecule has 1 heterocycles. The molecule has 5 heteroatoms. The molecule has 0 bridgehead atoms. The molecule has 0 unspecified atom stereocenters. The second kappa shape index (κ2) is 7.51. The molecule has 2 atom stereocenters. The first-order valence-electron chi connectivity index (χ1n) is 9.68. The Morgan fingerprint density at radius 2 is 1.82 bits per heavy atom. The molecule has 1 aromatic carbocycles. The molecule has 1 aliphatic carbocycles. The lowest BCUT2D eigenvalue weighted by atomic mass is 9.60. The van der Waals surface area contributed by atoms with Gasteiger partial charge < -0.3 is 5.73 Å². The number of fused-ring (bicyclic) bond motifs is 1. The SMILES string of the molecule is CCN1CC=C2[C@H](C1)[C@H](c1ccc(C(C)C)cc1)C(C#N)=C(N)C2(C#N)C#N. The average molecular weight is 371 g/mol. The van der Waals surface area contributed by atoms with E-state index in [1.165, 1.54) is 5.56 Å². The Morgan fingerprint density at radius 1 is 1.18 bits per heavy atom. The number of nitrogens with zero attached hydrogens (tertiary/aromatic N) is 4. The van der Waals surface area contributed by atoms with Gasteiger partial charge in [0.2, 0.25) is 5.41 Å². The fraction of sp³-hybridized carbons (Fsp3) is 0.435. The number of nitrogens with two attached hydrogens (primary N) is 1. The largest absolute Gasteiger partial charge is 0.399 e. The average Bonchev–Trinajstić information content (AvgIpc) is 2.73. The molecular weight excluding hydrogens is 346 g/mol. The van der Waals surface area contributed by atoms with Crippen molar-refractivity contribution in [3.63, 3.8) is 0 Å². The third-order valence-corrected chi connectivity index (χ3v) is 6.13. The number of hydrogen-bond donors (Lipinski definition) is 1. The number of nitriles is 3. The van der Waals surface area contributed by atoms with Crippen molar-refractivity contribution in [3.05, 3.63) is 58.3 Å². The second-order valence-electron chi connectivity index (χ2n) is 7.83. The first kappa shape index (κ1) is 19.7. The van der Waals surface area contributed by atoms with Crippen molar-refractivity contribution >= 4 is 0 Å². The van der Waals surface area contributed by atoms with Crippen LogP contribution in [0.5, 0.6) is 0 Å². The fourth-order valence-corrected chi connectivity index (χ4v) is 4.42. The van der Waals surface area contributed by atoms with Crippen LogP contribution in [0.1, 0.15) is 43.7 Å². The fourth-order valence-electron chi connectivity index (χ4n) is 4.42. The maximum Gasteiger partial charge on any atom is 0.204 e. The quantitative estimate of drug-likeness (QED) is 0.819. The predicted octanol–water partition coefficient (Wildman–Crippen LogP) is 3.56. The van der Waals surface area contributed by atoms with Gasteiger partial charge in [0.1, 0.15) is 0 Å². The summed E-state index contributed by atoms with van der Waals surface area (Å²) in [6.07, 6.45) is 1.97. The van der Waals surface area contributed by atoms with Crippen LogP contribution in [-0.2, 0) is 0 Å². The summed E-state index contributed by atoms with van der Waals surface area (Å²) < 4.78 is 0. The molecule has 0 amide bonds. The Kier molecular flexibility index (Phi) is 5.28. The Bertz CT molecular complexity index is 933. The minimum absolute atomic E-state index is 0.0883. The van der Waals surface area contributed by atoms with Gasteiger partial charge in [0.15, 0.2) is 0 Å². The highest BCUT2D eigenvalue weighted by atomic mass is 15.1. The molecule has 0 spiro atoms. The molecule has 1 aliphatic heterocycles. The standard InChI is InChI=1S/C23H25N5/c1-4-28-10-9-20-19(12-28)21(17-7-5-16(6-8-17)15(2)3)18(11-24)22(27)23(20,13-25)14-26/h5-9,15,19,21H,4,10,12,27H2,1-3H3/t19-,21+/m0/s1. The van der Waals surface area contributed by atoms with E-state index in [1.54, 1.807) is 0 Å². The Hall–Kier alpha value is -3.07. The van der Waals surface area contributed by atoms with Crippen molar-refractivity contribution in [3.8, 4) is 18.2 Å². The maximum absolute atomic E-state index is 9.93. The molecule has 5 nitrogen and oxygen atoms in total. The molecule has 2 aliphatic rings. The van der Waals surface area contributed by atoms with E-state index in [0.717, 1.165) is 17.7 Å². The summed E-state index contributed by atoms with van der Waals surface area (Å²) >= 11 is 0. The monoisotopic (exact) mass is 371 g/mol. The van der Waals surface area contributed by atoms with Crippen LogP contribution in [0, 0.1) is 45.3 Å². The van der Waals surface area contributed by atoms with Crippen LogP contribution in [0.2, 0.25) is 0 Å². The van der Waals surface area contributed by atoms with Gasteiger partial charge in [-0.2, -0.15) is 15.8 Å². The summed E-state index contributed by atoms with van der Waals surface area (Å²) in [6.45, 7) is 8.62. The van der Waals surface area contributed by atoms with Gasteiger partial charge in [0.25, 0.3) is 0 Å². The van der Waals surface area contributed by atoms with E-state index in [9.17, 15) is 15.8 Å². The normalized spacial score (nSPS) is 24.0. The van der Waals surface area contributed by atoms with Crippen LogP contribution in [0.25, 0.3) is 0 Å². The zero-order valence-electron chi connectivity index (χ0n) is 16.6. The zero-order chi connectivity index (χ0) is 20.5. The van der Waals surface area contributed by atoms with Crippen molar-refractivity contribution in [2.24, 2.45) is 17.1 Å². The molecule has 0 saturated carbocycles. The number of allylic oxidation sites excluding steroid dienone is 2. The molecule has 0 radical (unpaired) electrons. The van der Waals surface area contributed by atoms with Gasteiger partial charge in [-0.25, -0.2) is 0 Å². The van der Waals surface area contributed by atoms with Crippen molar-refractivity contribution in [1.29, 1.82) is 15.8 Å². The summed E-state index contributed by atoms with van der Waals surface area (Å²) in [6, 6.07) is 14.8. The highest BCUT2D eigenvalue weighted by molar-refractivity contribution is 5.58. The lowest BCUT2D eigenvalue weighted by Gasteiger charge is -2.45. The third-order valence-electron chi connectivity index (χ3n) is 6.13. The molecule has 3 rings (SSSR count). The molecule has 0 fully saturated rings. The van der Waals surface area contributed by atoms with Crippen LogP contribution in [-0.4, -0.2) is 24.5 Å². The molecule has 0 aromatic heterocycles. The van der Waals surface area contributed by atoms with Crippen LogP contribution < -0.4 is 5.73 Å². The molecule has 142 valence electrons. The van der Waals surface area contributed by atoms with Gasteiger partial charge in [0, 0.05) is 24.9 Å². The van der Waals surface area contributed by atoms with Crippen LogP contribution in [0.3, 0.4) is 0 Å². The van der Waals surface area contributed by atoms with Crippen molar-refractivity contribution in [1.82, 2.24) is 4.90 Å². The Labute approximate surface area is 167 Å². The summed E-state index contributed by atoms with van der Waals surface area (Å²) in [5, 5.41) is 29.7. The summed E-state index contributed by atoms with van der Waals surface area (Å²) in [7, 11) is 0. The van der Waals surface area contributed by atoms with Gasteiger partial charge in [-0.15, -0.1) is 0 Å². The lowest BCUT2D eigenvalue weighted by Crippen LogP contribution is -2.47. The highest BCUT2D eigenvalue weighted by Gasteiger charge is 2.52. The van der Waals surface area contributed by atoms with E-state index in [-0.39, 0.29) is 17.5 Å². The van der Waals surface area contributed by atoms with Gasteiger partial charge in [-0.3, -0.25) is 4.90 Å². The lowest BCUT2D eigenvalue weighted by molar-refractivity contribution is 0.234. The zero-order valence-corrected chi connectivity index (χ0v) is 16.6. The summed E-state index contributed by atoms with van der Waals surface area (Å²) in [5.41, 5.74) is 8.19. The van der Waals surface area contributed by atoms with E-state index in [2.05, 4.69) is 68.1 Å². The predicted molar refractivity (Wildman–Crippen MR) is 107 cm³/mol. The molecular formula is C23H25N5. The number of benzene rings is 1. The Balaban J connectivity index is 2.23. The molecule has 28 heavy (non-hydrogen) atoms. The van der Waals surface area contributed by atoms with Crippen LogP contribution >= 0.6 is 0 Å². The number of rotatable bonds is 3. The van der Waals surface area contributed by atoms with Crippen molar-refractivity contribution in [2.75, 3.05) is 19.6 Å². The smallest absolute Gasteiger partial charge is 0.204 e. The van der Waals surface area contributed by atoms with Gasteiger partial charge >= 0.3 is 0 Å². The molecule has 2 N–H and O–H groups in total. The van der Waals surface area contributed by atoms with Gasteiger partial charge in [-0.1, -0.05) is 51.1 Å². The second-order valence-corrected chi connectivity index (χ2v) is 7.83. The Morgan fingerprint density at radius 3 is 2.32 bits per heavy atom. The van der Waals surface area contributed by atoms with Crippen molar-refractivity contribution < 1.29 is 0 Å². The molecule has 1 aromatic rings. The third kappa shape index (κ3) is 2.88.